The molecule has 34 heavy (non-hydrogen) atoms. The van der Waals surface area contributed by atoms with Crippen molar-refractivity contribution in [1.29, 1.82) is 0 Å². The standard InChI is InChI=1S/C26H25BrN2O5/c1-13-9-18(10-14(2)23(13)27)28-20(30)12-34-26(33)15-5-7-19(8-6-15)29-24(31)21-16-3-4-17(11-16)22(21)25(29)32/h5-10,16-17,21-22H,3-4,11-12H2,1-2H3,(H,28,30)/t16-,17-,21-,22-/m0/s1. The van der Waals surface area contributed by atoms with Gasteiger partial charge < -0.3 is 10.1 Å². The lowest BCUT2D eigenvalue weighted by atomic mass is 9.81. The minimum Gasteiger partial charge on any atom is -0.452 e. The van der Waals surface area contributed by atoms with Crippen molar-refractivity contribution in [3.8, 4) is 0 Å². The Bertz CT molecular complexity index is 1160. The second-order valence-electron chi connectivity index (χ2n) is 9.49. The van der Waals surface area contributed by atoms with Crippen molar-refractivity contribution in [3.63, 3.8) is 0 Å². The number of fused-ring (bicyclic) bond motifs is 5. The molecule has 176 valence electrons. The largest absolute Gasteiger partial charge is 0.452 e. The van der Waals surface area contributed by atoms with Gasteiger partial charge in [0.25, 0.3) is 5.91 Å². The maximum atomic E-state index is 13.0. The second-order valence-corrected chi connectivity index (χ2v) is 10.3. The Morgan fingerprint density at radius 1 is 1.00 bits per heavy atom. The Labute approximate surface area is 206 Å². The summed E-state index contributed by atoms with van der Waals surface area (Å²) >= 11 is 3.49. The molecule has 3 aliphatic rings. The number of benzene rings is 2. The van der Waals surface area contributed by atoms with Gasteiger partial charge in [-0.2, -0.15) is 0 Å². The highest BCUT2D eigenvalue weighted by Crippen LogP contribution is 2.56. The quantitative estimate of drug-likeness (QED) is 0.462. The summed E-state index contributed by atoms with van der Waals surface area (Å²) in [6.07, 6.45) is 3.04. The van der Waals surface area contributed by atoms with Crippen LogP contribution in [0.3, 0.4) is 0 Å². The average Bonchev–Trinajstić information content (AvgIpc) is 3.49. The first-order chi connectivity index (χ1) is 16.2. The molecule has 1 N–H and O–H groups in total. The fraction of sp³-hybridized carbons (Fsp3) is 0.385. The van der Waals surface area contributed by atoms with Crippen LogP contribution in [0.1, 0.15) is 40.7 Å². The normalized spacial score (nSPS) is 25.0. The van der Waals surface area contributed by atoms with Gasteiger partial charge in [0.1, 0.15) is 0 Å². The van der Waals surface area contributed by atoms with E-state index in [0.29, 0.717) is 23.2 Å². The van der Waals surface area contributed by atoms with Crippen molar-refractivity contribution in [3.05, 3.63) is 57.6 Å². The Balaban J connectivity index is 1.20. The second kappa shape index (κ2) is 8.65. The zero-order valence-electron chi connectivity index (χ0n) is 19.0. The number of hydrogen-bond acceptors (Lipinski definition) is 5. The molecule has 1 saturated heterocycles. The van der Waals surface area contributed by atoms with Gasteiger partial charge in [0, 0.05) is 10.2 Å². The number of nitrogens with zero attached hydrogens (tertiary/aromatic N) is 1. The van der Waals surface area contributed by atoms with E-state index in [-0.39, 0.29) is 29.2 Å². The Kier molecular flexibility index (Phi) is 5.80. The molecular formula is C26H25BrN2O5. The predicted octanol–water partition coefficient (Wildman–Crippen LogP) is 4.40. The lowest BCUT2D eigenvalue weighted by molar-refractivity contribution is -0.123. The Morgan fingerprint density at radius 2 is 1.56 bits per heavy atom. The van der Waals surface area contributed by atoms with E-state index in [9.17, 15) is 19.2 Å². The van der Waals surface area contributed by atoms with Crippen LogP contribution in [0.15, 0.2) is 40.9 Å². The first kappa shape index (κ1) is 22.8. The fourth-order valence-electron chi connectivity index (χ4n) is 5.84. The van der Waals surface area contributed by atoms with E-state index < -0.39 is 18.5 Å². The van der Waals surface area contributed by atoms with Crippen molar-refractivity contribution < 1.29 is 23.9 Å². The molecular weight excluding hydrogens is 500 g/mol. The topological polar surface area (TPSA) is 92.8 Å². The Hall–Kier alpha value is -3.00. The molecule has 1 heterocycles. The van der Waals surface area contributed by atoms with E-state index in [1.54, 1.807) is 12.1 Å². The maximum absolute atomic E-state index is 13.0. The van der Waals surface area contributed by atoms with Gasteiger partial charge in [-0.3, -0.25) is 19.3 Å². The molecule has 4 atom stereocenters. The van der Waals surface area contributed by atoms with E-state index in [1.165, 1.54) is 17.0 Å². The predicted molar refractivity (Wildman–Crippen MR) is 129 cm³/mol. The van der Waals surface area contributed by atoms with Gasteiger partial charge in [0.15, 0.2) is 6.61 Å². The summed E-state index contributed by atoms with van der Waals surface area (Å²) in [6.45, 7) is 3.43. The monoisotopic (exact) mass is 524 g/mol. The lowest BCUT2D eigenvalue weighted by Crippen LogP contribution is -2.32. The number of halogens is 1. The molecule has 0 radical (unpaired) electrons. The maximum Gasteiger partial charge on any atom is 0.338 e. The molecule has 7 nitrogen and oxygen atoms in total. The van der Waals surface area contributed by atoms with Crippen LogP contribution in [-0.2, 0) is 19.1 Å². The summed E-state index contributed by atoms with van der Waals surface area (Å²) in [4.78, 5) is 51.8. The van der Waals surface area contributed by atoms with Crippen LogP contribution in [0.4, 0.5) is 11.4 Å². The fourth-order valence-corrected chi connectivity index (χ4v) is 6.07. The number of esters is 1. The minimum absolute atomic E-state index is 0.118. The van der Waals surface area contributed by atoms with Gasteiger partial charge in [-0.15, -0.1) is 0 Å². The van der Waals surface area contributed by atoms with Crippen LogP contribution in [-0.4, -0.2) is 30.3 Å². The van der Waals surface area contributed by atoms with Crippen molar-refractivity contribution in [2.75, 3.05) is 16.8 Å². The van der Waals surface area contributed by atoms with Crippen LogP contribution in [0.25, 0.3) is 0 Å². The molecule has 2 bridgehead atoms. The third-order valence-electron chi connectivity index (χ3n) is 7.34. The summed E-state index contributed by atoms with van der Waals surface area (Å²) in [6, 6.07) is 9.86. The van der Waals surface area contributed by atoms with Gasteiger partial charge >= 0.3 is 5.97 Å². The number of amides is 3. The van der Waals surface area contributed by atoms with Gasteiger partial charge in [-0.1, -0.05) is 15.9 Å². The number of hydrogen-bond donors (Lipinski definition) is 1. The van der Waals surface area contributed by atoms with Crippen LogP contribution in [0.5, 0.6) is 0 Å². The van der Waals surface area contributed by atoms with E-state index in [2.05, 4.69) is 21.2 Å². The summed E-state index contributed by atoms with van der Waals surface area (Å²) in [5.74, 6) is -1.07. The number of nitrogens with one attached hydrogen (secondary N) is 1. The van der Waals surface area contributed by atoms with E-state index >= 15 is 0 Å². The van der Waals surface area contributed by atoms with Crippen LogP contribution < -0.4 is 10.2 Å². The summed E-state index contributed by atoms with van der Waals surface area (Å²) in [5, 5.41) is 2.73. The van der Waals surface area contributed by atoms with Crippen molar-refractivity contribution in [1.82, 2.24) is 0 Å². The molecule has 5 rings (SSSR count). The summed E-state index contributed by atoms with van der Waals surface area (Å²) in [5.41, 5.74) is 3.31. The van der Waals surface area contributed by atoms with Gasteiger partial charge in [-0.25, -0.2) is 4.79 Å². The SMILES string of the molecule is Cc1cc(NC(=O)COC(=O)c2ccc(N3C(=O)[C@H]4[C@H]5CC[C@@H](C5)[C@@H]4C3=O)cc2)cc(C)c1Br. The lowest BCUT2D eigenvalue weighted by Gasteiger charge is -2.19. The molecule has 3 amide bonds. The van der Waals surface area contributed by atoms with E-state index in [4.69, 9.17) is 4.74 Å². The highest BCUT2D eigenvalue weighted by molar-refractivity contribution is 9.10. The first-order valence-electron chi connectivity index (χ1n) is 11.5. The van der Waals surface area contributed by atoms with Crippen LogP contribution in [0, 0.1) is 37.5 Å². The Morgan fingerprint density at radius 3 is 2.12 bits per heavy atom. The highest BCUT2D eigenvalue weighted by Gasteiger charge is 2.61. The first-order valence-corrected chi connectivity index (χ1v) is 12.3. The number of imide groups is 1. The number of rotatable bonds is 5. The molecule has 2 aliphatic carbocycles. The molecule has 8 heteroatoms. The molecule has 2 aromatic carbocycles. The number of carbonyl (C=O) groups excluding carboxylic acids is 4. The van der Waals surface area contributed by atoms with Gasteiger partial charge in [0.05, 0.1) is 23.1 Å². The van der Waals surface area contributed by atoms with Crippen molar-refractivity contribution in [2.24, 2.45) is 23.7 Å². The van der Waals surface area contributed by atoms with Crippen molar-refractivity contribution in [2.45, 2.75) is 33.1 Å². The molecule has 0 unspecified atom stereocenters. The van der Waals surface area contributed by atoms with Gasteiger partial charge in [-0.05, 0) is 92.5 Å². The molecule has 2 saturated carbocycles. The van der Waals surface area contributed by atoms with Gasteiger partial charge in [0.2, 0.25) is 11.8 Å². The smallest absolute Gasteiger partial charge is 0.338 e. The van der Waals surface area contributed by atoms with E-state index in [1.807, 2.05) is 26.0 Å². The average molecular weight is 525 g/mol. The zero-order chi connectivity index (χ0) is 24.1. The van der Waals surface area contributed by atoms with Crippen LogP contribution in [0.2, 0.25) is 0 Å². The zero-order valence-corrected chi connectivity index (χ0v) is 20.6. The molecule has 1 aliphatic heterocycles. The third kappa shape index (κ3) is 3.83. The highest BCUT2D eigenvalue weighted by atomic mass is 79.9. The molecule has 0 aromatic heterocycles. The molecule has 2 aromatic rings. The minimum atomic E-state index is -0.654. The van der Waals surface area contributed by atoms with E-state index in [0.717, 1.165) is 34.9 Å². The number of ether oxygens (including phenoxy) is 1. The summed E-state index contributed by atoms with van der Waals surface area (Å²) < 4.78 is 6.12. The van der Waals surface area contributed by atoms with Crippen LogP contribution >= 0.6 is 15.9 Å². The molecule has 3 fully saturated rings. The summed E-state index contributed by atoms with van der Waals surface area (Å²) in [7, 11) is 0. The number of anilines is 2. The number of aryl methyl sites for hydroxylation is 2. The third-order valence-corrected chi connectivity index (χ3v) is 8.59. The number of carbonyl (C=O) groups is 4. The molecule has 0 spiro atoms. The van der Waals surface area contributed by atoms with Crippen molar-refractivity contribution >= 4 is 51.0 Å².